The van der Waals surface area contributed by atoms with Crippen LogP contribution >= 0.6 is 0 Å². The lowest BCUT2D eigenvalue weighted by Gasteiger charge is -2.22. The number of carbonyl (C=O) groups is 1. The first-order valence-electron chi connectivity index (χ1n) is 10.2. The van der Waals surface area contributed by atoms with Crippen LogP contribution in [0.15, 0.2) is 52.5 Å². The molecule has 0 heterocycles. The fraction of sp³-hybridized carbons (Fsp3) is 0.364. The van der Waals surface area contributed by atoms with Crippen molar-refractivity contribution in [1.29, 1.82) is 0 Å². The monoisotopic (exact) mass is 427 g/mol. The van der Waals surface area contributed by atoms with Crippen molar-refractivity contribution < 1.29 is 18.3 Å². The predicted molar refractivity (Wildman–Crippen MR) is 114 cm³/mol. The Balaban J connectivity index is 1.43. The van der Waals surface area contributed by atoms with Gasteiger partial charge >= 0.3 is 0 Å². The Morgan fingerprint density at radius 1 is 1.00 bits per heavy atom. The topological polar surface area (TPSA) is 108 Å². The molecule has 2 aromatic rings. The number of phenolic OH excluding ortho intramolecular Hbond substituents is 1. The molecule has 0 spiro atoms. The van der Waals surface area contributed by atoms with Crippen molar-refractivity contribution in [1.82, 2.24) is 10.1 Å². The smallest absolute Gasteiger partial charge is 0.271 e. The number of benzene rings is 2. The van der Waals surface area contributed by atoms with E-state index < -0.39 is 15.9 Å². The summed E-state index contributed by atoms with van der Waals surface area (Å²) in [4.78, 5) is 12.6. The second-order valence-corrected chi connectivity index (χ2v) is 9.51. The van der Waals surface area contributed by atoms with Crippen molar-refractivity contribution in [3.8, 4) is 5.75 Å². The van der Waals surface area contributed by atoms with Gasteiger partial charge in [0.1, 0.15) is 5.75 Å². The molecule has 2 aromatic carbocycles. The zero-order valence-corrected chi connectivity index (χ0v) is 17.4. The van der Waals surface area contributed by atoms with Gasteiger partial charge in [0, 0.05) is 17.2 Å². The predicted octanol–water partition coefficient (Wildman–Crippen LogP) is 3.08. The molecule has 1 saturated carbocycles. The molecule has 0 saturated heterocycles. The van der Waals surface area contributed by atoms with Crippen LogP contribution in [0.2, 0.25) is 0 Å². The van der Waals surface area contributed by atoms with Crippen molar-refractivity contribution in [3.63, 3.8) is 0 Å². The molecular formula is C22H25N3O4S. The molecule has 0 radical (unpaired) electrons. The van der Waals surface area contributed by atoms with Crippen LogP contribution in [-0.2, 0) is 16.4 Å². The zero-order chi connectivity index (χ0) is 21.1. The summed E-state index contributed by atoms with van der Waals surface area (Å²) in [6, 6.07) is 11.1. The second kappa shape index (κ2) is 8.57. The van der Waals surface area contributed by atoms with Gasteiger partial charge < -0.3 is 5.11 Å². The molecule has 4 rings (SSSR count). The summed E-state index contributed by atoms with van der Waals surface area (Å²) in [5, 5.41) is 14.2. The summed E-state index contributed by atoms with van der Waals surface area (Å²) in [7, 11) is -3.60. The average molecular weight is 428 g/mol. The lowest BCUT2D eigenvalue weighted by molar-refractivity contribution is 0.0954. The minimum Gasteiger partial charge on any atom is -0.507 e. The number of hydrogen-bond donors (Lipinski definition) is 3. The number of amides is 1. The Kier molecular flexibility index (Phi) is 5.87. The number of nitrogens with zero attached hydrogens (tertiary/aromatic N) is 1. The Bertz CT molecular complexity index is 1070. The summed E-state index contributed by atoms with van der Waals surface area (Å²) in [6.45, 7) is 0. The van der Waals surface area contributed by atoms with Gasteiger partial charge in [-0.3, -0.25) is 4.79 Å². The molecule has 0 bridgehead atoms. The number of fused-ring (bicyclic) bond motifs is 1. The van der Waals surface area contributed by atoms with Crippen LogP contribution in [-0.4, -0.2) is 31.2 Å². The third-order valence-electron chi connectivity index (χ3n) is 5.69. The van der Waals surface area contributed by atoms with Gasteiger partial charge in [-0.2, -0.15) is 5.10 Å². The number of carbonyl (C=O) groups excluding carboxylic acids is 1. The summed E-state index contributed by atoms with van der Waals surface area (Å²) >= 11 is 0. The van der Waals surface area contributed by atoms with E-state index >= 15 is 0 Å². The first-order chi connectivity index (χ1) is 14.4. The number of phenols is 1. The van der Waals surface area contributed by atoms with Crippen molar-refractivity contribution >= 4 is 21.6 Å². The molecule has 158 valence electrons. The molecule has 2 aliphatic rings. The van der Waals surface area contributed by atoms with E-state index in [0.717, 1.165) is 44.1 Å². The molecule has 0 aliphatic heterocycles. The Hall–Kier alpha value is -2.71. The summed E-state index contributed by atoms with van der Waals surface area (Å²) in [6.07, 6.45) is 6.35. The Morgan fingerprint density at radius 3 is 2.47 bits per heavy atom. The number of hydrazone groups is 1. The van der Waals surface area contributed by atoms with E-state index in [1.54, 1.807) is 12.1 Å². The Labute approximate surface area is 176 Å². The number of aromatic hydroxyl groups is 1. The lowest BCUT2D eigenvalue weighted by Crippen LogP contribution is -2.36. The molecule has 0 unspecified atom stereocenters. The highest BCUT2D eigenvalue weighted by Crippen LogP contribution is 2.29. The number of hydrogen-bond acceptors (Lipinski definition) is 5. The van der Waals surface area contributed by atoms with Crippen LogP contribution in [0.5, 0.6) is 5.75 Å². The molecule has 2 aliphatic carbocycles. The van der Waals surface area contributed by atoms with Gasteiger partial charge in [-0.25, -0.2) is 18.6 Å². The molecule has 7 nitrogen and oxygen atoms in total. The van der Waals surface area contributed by atoms with E-state index in [1.165, 1.54) is 24.3 Å². The maximum atomic E-state index is 12.6. The van der Waals surface area contributed by atoms with E-state index in [1.807, 2.05) is 6.07 Å². The van der Waals surface area contributed by atoms with E-state index in [4.69, 9.17) is 0 Å². The van der Waals surface area contributed by atoms with Crippen LogP contribution < -0.4 is 10.1 Å². The summed E-state index contributed by atoms with van der Waals surface area (Å²) < 4.78 is 27.9. The largest absolute Gasteiger partial charge is 0.507 e. The highest BCUT2D eigenvalue weighted by atomic mass is 32.2. The standard InChI is InChI=1S/C22H25N3O4S/c26-20-8-4-5-15-11-14-19(21(15)20)23-24-22(27)16-9-12-18(13-10-16)30(28,29)25-17-6-2-1-3-7-17/h4-5,8-10,12-13,17,25-26H,1-3,6-7,11,14H2,(H,24,27)/b23-19+. The van der Waals surface area contributed by atoms with Crippen molar-refractivity contribution in [2.75, 3.05) is 0 Å². The minimum absolute atomic E-state index is 0.0201. The first-order valence-corrected chi connectivity index (χ1v) is 11.7. The number of aryl methyl sites for hydroxylation is 1. The molecule has 0 aromatic heterocycles. The van der Waals surface area contributed by atoms with Gasteiger partial charge in [-0.15, -0.1) is 0 Å². The molecular weight excluding hydrogens is 402 g/mol. The van der Waals surface area contributed by atoms with E-state index in [0.29, 0.717) is 23.3 Å². The van der Waals surface area contributed by atoms with Crippen LogP contribution in [0.3, 0.4) is 0 Å². The molecule has 1 amide bonds. The third-order valence-corrected chi connectivity index (χ3v) is 7.23. The molecule has 30 heavy (non-hydrogen) atoms. The van der Waals surface area contributed by atoms with Crippen molar-refractivity contribution in [2.24, 2.45) is 5.10 Å². The zero-order valence-electron chi connectivity index (χ0n) is 16.6. The van der Waals surface area contributed by atoms with Crippen molar-refractivity contribution in [3.05, 3.63) is 59.2 Å². The van der Waals surface area contributed by atoms with E-state index in [2.05, 4.69) is 15.2 Å². The van der Waals surface area contributed by atoms with Gasteiger partial charge in [0.25, 0.3) is 5.91 Å². The van der Waals surface area contributed by atoms with E-state index in [-0.39, 0.29) is 16.7 Å². The van der Waals surface area contributed by atoms with E-state index in [9.17, 15) is 18.3 Å². The fourth-order valence-corrected chi connectivity index (χ4v) is 5.40. The molecule has 3 N–H and O–H groups in total. The quantitative estimate of drug-likeness (QED) is 0.637. The lowest BCUT2D eigenvalue weighted by atomic mass is 9.96. The third kappa shape index (κ3) is 4.39. The van der Waals surface area contributed by atoms with Crippen molar-refractivity contribution in [2.45, 2.75) is 55.9 Å². The normalized spacial score (nSPS) is 18.3. The van der Waals surface area contributed by atoms with Gasteiger partial charge in [0.2, 0.25) is 10.0 Å². The first kappa shape index (κ1) is 20.6. The average Bonchev–Trinajstić information content (AvgIpc) is 3.17. The number of sulfonamides is 1. The van der Waals surface area contributed by atoms with Gasteiger partial charge in [-0.05, 0) is 61.6 Å². The number of rotatable bonds is 5. The molecule has 1 fully saturated rings. The maximum absolute atomic E-state index is 12.6. The van der Waals surface area contributed by atoms with Gasteiger partial charge in [0.15, 0.2) is 0 Å². The highest BCUT2D eigenvalue weighted by Gasteiger charge is 2.23. The van der Waals surface area contributed by atoms with Gasteiger partial charge in [0.05, 0.1) is 10.6 Å². The van der Waals surface area contributed by atoms with Gasteiger partial charge in [-0.1, -0.05) is 31.4 Å². The summed E-state index contributed by atoms with van der Waals surface area (Å²) in [5.74, 6) is -0.284. The highest BCUT2D eigenvalue weighted by molar-refractivity contribution is 7.89. The van der Waals surface area contributed by atoms with Crippen LogP contribution in [0.1, 0.15) is 60.0 Å². The SMILES string of the molecule is O=C(N/N=C1\CCc2cccc(O)c21)c1ccc(S(=O)(=O)NC2CCCCC2)cc1. The van der Waals surface area contributed by atoms with Crippen LogP contribution in [0.25, 0.3) is 0 Å². The maximum Gasteiger partial charge on any atom is 0.271 e. The van der Waals surface area contributed by atoms with Crippen LogP contribution in [0.4, 0.5) is 0 Å². The molecule has 8 heteroatoms. The number of nitrogens with one attached hydrogen (secondary N) is 2. The minimum atomic E-state index is -3.60. The Morgan fingerprint density at radius 2 is 1.73 bits per heavy atom. The summed E-state index contributed by atoms with van der Waals surface area (Å²) in [5.41, 5.74) is 5.13. The second-order valence-electron chi connectivity index (χ2n) is 7.79. The van der Waals surface area contributed by atoms with Crippen LogP contribution in [0, 0.1) is 0 Å². The fourth-order valence-electron chi connectivity index (χ4n) is 4.09. The molecule has 0 atom stereocenters.